The van der Waals surface area contributed by atoms with Crippen LogP contribution in [0.3, 0.4) is 0 Å². The third-order valence-corrected chi connectivity index (χ3v) is 4.73. The summed E-state index contributed by atoms with van der Waals surface area (Å²) in [5.74, 6) is 1.74. The fraction of sp³-hybridized carbons (Fsp3) is 0.474. The highest BCUT2D eigenvalue weighted by Gasteiger charge is 2.30. The van der Waals surface area contributed by atoms with Gasteiger partial charge in [0.1, 0.15) is 0 Å². The van der Waals surface area contributed by atoms with Crippen LogP contribution in [0, 0.1) is 11.8 Å². The van der Waals surface area contributed by atoms with Gasteiger partial charge in [0.05, 0.1) is 0 Å². The van der Waals surface area contributed by atoms with Crippen LogP contribution in [-0.4, -0.2) is 12.6 Å². The average Bonchev–Trinajstić information content (AvgIpc) is 2.43. The lowest BCUT2D eigenvalue weighted by Crippen LogP contribution is -2.38. The maximum absolute atomic E-state index is 3.60. The minimum absolute atomic E-state index is 0.605. The highest BCUT2D eigenvalue weighted by molar-refractivity contribution is 5.85. The van der Waals surface area contributed by atoms with Crippen molar-refractivity contribution in [2.45, 2.75) is 39.2 Å². The second-order valence-electron chi connectivity index (χ2n) is 6.50. The molecule has 20 heavy (non-hydrogen) atoms. The van der Waals surface area contributed by atoms with Gasteiger partial charge in [-0.05, 0) is 54.0 Å². The molecule has 0 heterocycles. The summed E-state index contributed by atoms with van der Waals surface area (Å²) in [7, 11) is 0. The van der Waals surface area contributed by atoms with Crippen LogP contribution < -0.4 is 5.32 Å². The lowest BCUT2D eigenvalue weighted by Gasteiger charge is -2.37. The molecule has 3 rings (SSSR count). The standard InChI is InChI=1S/C19H25N/c1-14(2)20-13-18-11-10-16(18)12-17-8-5-7-15-6-3-4-9-19(15)17/h3-9,14,16,18,20H,10-13H2,1-2H3. The van der Waals surface area contributed by atoms with E-state index in [1.165, 1.54) is 42.1 Å². The zero-order valence-electron chi connectivity index (χ0n) is 12.6. The summed E-state index contributed by atoms with van der Waals surface area (Å²) < 4.78 is 0. The van der Waals surface area contributed by atoms with Crippen molar-refractivity contribution in [2.75, 3.05) is 6.54 Å². The van der Waals surface area contributed by atoms with Crippen molar-refractivity contribution in [3.8, 4) is 0 Å². The van der Waals surface area contributed by atoms with Gasteiger partial charge < -0.3 is 5.32 Å². The van der Waals surface area contributed by atoms with Crippen LogP contribution in [0.1, 0.15) is 32.3 Å². The van der Waals surface area contributed by atoms with E-state index in [9.17, 15) is 0 Å². The number of rotatable bonds is 5. The van der Waals surface area contributed by atoms with Crippen LogP contribution in [0.4, 0.5) is 0 Å². The first kappa shape index (κ1) is 13.6. The molecule has 1 fully saturated rings. The fourth-order valence-electron chi connectivity index (χ4n) is 3.32. The third-order valence-electron chi connectivity index (χ3n) is 4.73. The van der Waals surface area contributed by atoms with E-state index in [0.29, 0.717) is 6.04 Å². The predicted molar refractivity (Wildman–Crippen MR) is 87.0 cm³/mol. The zero-order valence-corrected chi connectivity index (χ0v) is 12.6. The molecule has 2 aromatic rings. The van der Waals surface area contributed by atoms with E-state index < -0.39 is 0 Å². The molecule has 0 bridgehead atoms. The maximum Gasteiger partial charge on any atom is 0.00104 e. The Bertz CT molecular complexity index is 567. The van der Waals surface area contributed by atoms with Gasteiger partial charge in [-0.1, -0.05) is 56.3 Å². The van der Waals surface area contributed by atoms with Gasteiger partial charge in [-0.25, -0.2) is 0 Å². The first-order valence-electron chi connectivity index (χ1n) is 7.94. The molecule has 2 atom stereocenters. The SMILES string of the molecule is CC(C)NCC1CCC1Cc1cccc2ccccc12. The van der Waals surface area contributed by atoms with Gasteiger partial charge in [0.2, 0.25) is 0 Å². The molecule has 1 nitrogen and oxygen atoms in total. The Morgan fingerprint density at radius 2 is 1.75 bits per heavy atom. The van der Waals surface area contributed by atoms with Gasteiger partial charge in [0.15, 0.2) is 0 Å². The number of hydrogen-bond acceptors (Lipinski definition) is 1. The topological polar surface area (TPSA) is 12.0 Å². The van der Waals surface area contributed by atoms with E-state index in [4.69, 9.17) is 0 Å². The maximum atomic E-state index is 3.60. The highest BCUT2D eigenvalue weighted by Crippen LogP contribution is 2.37. The van der Waals surface area contributed by atoms with E-state index in [2.05, 4.69) is 61.6 Å². The molecule has 0 aromatic heterocycles. The molecule has 106 valence electrons. The molecule has 1 saturated carbocycles. The van der Waals surface area contributed by atoms with Crippen LogP contribution in [-0.2, 0) is 6.42 Å². The second kappa shape index (κ2) is 5.97. The van der Waals surface area contributed by atoms with Gasteiger partial charge in [-0.3, -0.25) is 0 Å². The van der Waals surface area contributed by atoms with Gasteiger partial charge in [-0.15, -0.1) is 0 Å². The Morgan fingerprint density at radius 1 is 1.00 bits per heavy atom. The molecule has 1 aliphatic rings. The van der Waals surface area contributed by atoms with Crippen molar-refractivity contribution in [2.24, 2.45) is 11.8 Å². The summed E-state index contributed by atoms with van der Waals surface area (Å²) in [6.07, 6.45) is 4.04. The van der Waals surface area contributed by atoms with Crippen LogP contribution in [0.25, 0.3) is 10.8 Å². The summed E-state index contributed by atoms with van der Waals surface area (Å²) >= 11 is 0. The first-order chi connectivity index (χ1) is 9.74. The summed E-state index contributed by atoms with van der Waals surface area (Å²) in [5.41, 5.74) is 1.53. The molecule has 0 spiro atoms. The van der Waals surface area contributed by atoms with Crippen molar-refractivity contribution in [3.63, 3.8) is 0 Å². The normalized spacial score (nSPS) is 22.1. The van der Waals surface area contributed by atoms with Crippen molar-refractivity contribution in [3.05, 3.63) is 48.0 Å². The molecular weight excluding hydrogens is 242 g/mol. The van der Waals surface area contributed by atoms with E-state index in [1.807, 2.05) is 0 Å². The monoisotopic (exact) mass is 267 g/mol. The highest BCUT2D eigenvalue weighted by atomic mass is 14.9. The minimum Gasteiger partial charge on any atom is -0.314 e. The molecule has 0 aliphatic heterocycles. The van der Waals surface area contributed by atoms with Crippen LogP contribution in [0.2, 0.25) is 0 Å². The van der Waals surface area contributed by atoms with E-state index in [-0.39, 0.29) is 0 Å². The molecule has 2 aromatic carbocycles. The Balaban J connectivity index is 1.70. The zero-order chi connectivity index (χ0) is 13.9. The molecule has 0 saturated heterocycles. The Labute approximate surface area is 122 Å². The Morgan fingerprint density at radius 3 is 2.50 bits per heavy atom. The molecule has 0 radical (unpaired) electrons. The number of fused-ring (bicyclic) bond motifs is 1. The van der Waals surface area contributed by atoms with Crippen LogP contribution >= 0.6 is 0 Å². The van der Waals surface area contributed by atoms with Crippen molar-refractivity contribution < 1.29 is 0 Å². The van der Waals surface area contributed by atoms with E-state index in [0.717, 1.165) is 11.8 Å². The van der Waals surface area contributed by atoms with Crippen molar-refractivity contribution in [1.82, 2.24) is 5.32 Å². The second-order valence-corrected chi connectivity index (χ2v) is 6.50. The average molecular weight is 267 g/mol. The van der Waals surface area contributed by atoms with Gasteiger partial charge in [-0.2, -0.15) is 0 Å². The van der Waals surface area contributed by atoms with Crippen molar-refractivity contribution >= 4 is 10.8 Å². The summed E-state index contributed by atoms with van der Waals surface area (Å²) in [6.45, 7) is 5.66. The molecule has 1 heteroatoms. The fourth-order valence-corrected chi connectivity index (χ4v) is 3.32. The predicted octanol–water partition coefficient (Wildman–Crippen LogP) is 4.41. The van der Waals surface area contributed by atoms with Gasteiger partial charge in [0, 0.05) is 6.04 Å². The van der Waals surface area contributed by atoms with E-state index >= 15 is 0 Å². The van der Waals surface area contributed by atoms with Crippen LogP contribution in [0.5, 0.6) is 0 Å². The number of benzene rings is 2. The summed E-state index contributed by atoms with van der Waals surface area (Å²) in [6, 6.07) is 16.1. The van der Waals surface area contributed by atoms with E-state index in [1.54, 1.807) is 0 Å². The van der Waals surface area contributed by atoms with Crippen LogP contribution in [0.15, 0.2) is 42.5 Å². The molecular formula is C19H25N. The number of nitrogens with one attached hydrogen (secondary N) is 1. The molecule has 1 aliphatic carbocycles. The van der Waals surface area contributed by atoms with Gasteiger partial charge >= 0.3 is 0 Å². The quantitative estimate of drug-likeness (QED) is 0.846. The Kier molecular flexibility index (Phi) is 4.07. The third kappa shape index (κ3) is 2.88. The Hall–Kier alpha value is -1.34. The minimum atomic E-state index is 0.605. The smallest absolute Gasteiger partial charge is 0.00104 e. The summed E-state index contributed by atoms with van der Waals surface area (Å²) in [5, 5.41) is 6.42. The molecule has 0 amide bonds. The molecule has 1 N–H and O–H groups in total. The van der Waals surface area contributed by atoms with Gasteiger partial charge in [0.25, 0.3) is 0 Å². The molecule has 2 unspecified atom stereocenters. The lowest BCUT2D eigenvalue weighted by atomic mass is 9.70. The summed E-state index contributed by atoms with van der Waals surface area (Å²) in [4.78, 5) is 0. The lowest BCUT2D eigenvalue weighted by molar-refractivity contribution is 0.168. The number of hydrogen-bond donors (Lipinski definition) is 1. The van der Waals surface area contributed by atoms with Crippen molar-refractivity contribution in [1.29, 1.82) is 0 Å². The first-order valence-corrected chi connectivity index (χ1v) is 7.94. The largest absolute Gasteiger partial charge is 0.314 e.